The molecule has 2 rings (SSSR count). The average molecular weight is 302 g/mol. The summed E-state index contributed by atoms with van der Waals surface area (Å²) in [5, 5.41) is 12.6. The van der Waals surface area contributed by atoms with Crippen LogP contribution in [0.1, 0.15) is 31.4 Å². The summed E-state index contributed by atoms with van der Waals surface area (Å²) < 4.78 is 39.8. The van der Waals surface area contributed by atoms with E-state index in [0.29, 0.717) is 25.1 Å². The van der Waals surface area contributed by atoms with Gasteiger partial charge in [0.05, 0.1) is 11.7 Å². The van der Waals surface area contributed by atoms with Crippen molar-refractivity contribution in [3.63, 3.8) is 0 Å². The van der Waals surface area contributed by atoms with E-state index in [4.69, 9.17) is 0 Å². The van der Waals surface area contributed by atoms with Gasteiger partial charge in [-0.15, -0.1) is 0 Å². The maximum absolute atomic E-state index is 13.3. The van der Waals surface area contributed by atoms with Crippen LogP contribution in [-0.4, -0.2) is 30.3 Å². The average Bonchev–Trinajstić information content (AvgIpc) is 2.81. The van der Waals surface area contributed by atoms with Crippen LogP contribution in [0, 0.1) is 0 Å². The number of hydrogen-bond donors (Lipinski definition) is 2. The zero-order chi connectivity index (χ0) is 15.6. The Labute approximate surface area is 122 Å². The molecule has 1 aromatic rings. The molecule has 0 amide bonds. The number of aliphatic hydroxyl groups is 1. The van der Waals surface area contributed by atoms with Crippen LogP contribution >= 0.6 is 0 Å². The third-order valence-electron chi connectivity index (χ3n) is 3.58. The Hall–Kier alpha value is -1.27. The van der Waals surface area contributed by atoms with Crippen molar-refractivity contribution in [2.75, 3.05) is 18.0 Å². The molecule has 118 valence electrons. The van der Waals surface area contributed by atoms with E-state index in [9.17, 15) is 18.3 Å². The molecule has 21 heavy (non-hydrogen) atoms. The van der Waals surface area contributed by atoms with Crippen LogP contribution in [-0.2, 0) is 12.7 Å². The Kier molecular flexibility index (Phi) is 4.78. The summed E-state index contributed by atoms with van der Waals surface area (Å²) in [5.74, 6) is 0. The van der Waals surface area contributed by atoms with Crippen molar-refractivity contribution in [2.24, 2.45) is 0 Å². The second kappa shape index (κ2) is 6.23. The van der Waals surface area contributed by atoms with E-state index in [1.165, 1.54) is 12.1 Å². The first kappa shape index (κ1) is 16.1. The molecule has 0 spiro atoms. The fourth-order valence-corrected chi connectivity index (χ4v) is 2.48. The van der Waals surface area contributed by atoms with Crippen molar-refractivity contribution in [1.29, 1.82) is 0 Å². The summed E-state index contributed by atoms with van der Waals surface area (Å²) in [5.41, 5.74) is 0.145. The quantitative estimate of drug-likeness (QED) is 0.898. The van der Waals surface area contributed by atoms with E-state index in [1.807, 2.05) is 13.8 Å². The van der Waals surface area contributed by atoms with Gasteiger partial charge in [0.15, 0.2) is 0 Å². The van der Waals surface area contributed by atoms with Crippen LogP contribution in [0.25, 0.3) is 0 Å². The van der Waals surface area contributed by atoms with Crippen LogP contribution in [0.5, 0.6) is 0 Å². The molecule has 0 saturated carbocycles. The number of nitrogens with zero attached hydrogens (tertiary/aromatic N) is 1. The lowest BCUT2D eigenvalue weighted by molar-refractivity contribution is -0.137. The lowest BCUT2D eigenvalue weighted by atomic mass is 10.1. The van der Waals surface area contributed by atoms with Gasteiger partial charge in [-0.05, 0) is 24.1 Å². The fraction of sp³-hybridized carbons (Fsp3) is 0.600. The highest BCUT2D eigenvalue weighted by Crippen LogP contribution is 2.38. The molecule has 0 aromatic heterocycles. The molecule has 0 aliphatic carbocycles. The summed E-state index contributed by atoms with van der Waals surface area (Å²) >= 11 is 0. The molecule has 1 fully saturated rings. The predicted molar refractivity (Wildman–Crippen MR) is 76.3 cm³/mol. The van der Waals surface area contributed by atoms with Gasteiger partial charge in [0.25, 0.3) is 0 Å². The topological polar surface area (TPSA) is 35.5 Å². The van der Waals surface area contributed by atoms with Crippen molar-refractivity contribution in [1.82, 2.24) is 5.32 Å². The molecule has 1 atom stereocenters. The number of β-amino-alcohol motifs (C(OH)–C–C–N with tert-alkyl or cyclic N) is 1. The van der Waals surface area contributed by atoms with Gasteiger partial charge in [-0.1, -0.05) is 19.9 Å². The van der Waals surface area contributed by atoms with Gasteiger partial charge in [-0.25, -0.2) is 0 Å². The van der Waals surface area contributed by atoms with Gasteiger partial charge in [0, 0.05) is 31.4 Å². The number of halogens is 3. The fourth-order valence-electron chi connectivity index (χ4n) is 2.48. The third kappa shape index (κ3) is 4.11. The molecule has 2 N–H and O–H groups in total. The molecule has 6 heteroatoms. The second-order valence-electron chi connectivity index (χ2n) is 5.77. The molecule has 0 radical (unpaired) electrons. The summed E-state index contributed by atoms with van der Waals surface area (Å²) in [4.78, 5) is 1.60. The first-order valence-corrected chi connectivity index (χ1v) is 7.14. The minimum atomic E-state index is -4.39. The van der Waals surface area contributed by atoms with Crippen LogP contribution in [0.4, 0.5) is 18.9 Å². The number of rotatable bonds is 4. The zero-order valence-corrected chi connectivity index (χ0v) is 12.2. The minimum absolute atomic E-state index is 0.160. The summed E-state index contributed by atoms with van der Waals surface area (Å²) in [6, 6.07) is 4.64. The third-order valence-corrected chi connectivity index (χ3v) is 3.58. The number of aliphatic hydroxyl groups excluding tert-OH is 1. The molecule has 0 bridgehead atoms. The van der Waals surface area contributed by atoms with Gasteiger partial charge in [-0.2, -0.15) is 13.2 Å². The van der Waals surface area contributed by atoms with Crippen LogP contribution in [0.15, 0.2) is 18.2 Å². The standard InChI is InChI=1S/C15H21F3N2O/c1-10(2)19-8-11-3-4-14(13(7-11)15(16,17)18)20-6-5-12(21)9-20/h3-4,7,10,12,19,21H,5-6,8-9H2,1-2H3. The molecule has 3 nitrogen and oxygen atoms in total. The molecule has 1 unspecified atom stereocenters. The Balaban J connectivity index is 2.28. The highest BCUT2D eigenvalue weighted by atomic mass is 19.4. The summed E-state index contributed by atoms with van der Waals surface area (Å²) in [6.07, 6.45) is -4.43. The molecular formula is C15H21F3N2O. The van der Waals surface area contributed by atoms with Crippen molar-refractivity contribution in [3.8, 4) is 0 Å². The number of hydrogen-bond acceptors (Lipinski definition) is 3. The maximum atomic E-state index is 13.3. The molecule has 1 aliphatic rings. The Morgan fingerprint density at radius 3 is 2.62 bits per heavy atom. The van der Waals surface area contributed by atoms with E-state index >= 15 is 0 Å². The van der Waals surface area contributed by atoms with E-state index in [-0.39, 0.29) is 18.3 Å². The van der Waals surface area contributed by atoms with Gasteiger partial charge < -0.3 is 15.3 Å². The lowest BCUT2D eigenvalue weighted by Gasteiger charge is -2.23. The van der Waals surface area contributed by atoms with Gasteiger partial charge >= 0.3 is 6.18 Å². The molecule has 1 saturated heterocycles. The van der Waals surface area contributed by atoms with Gasteiger partial charge in [0.1, 0.15) is 0 Å². The SMILES string of the molecule is CC(C)NCc1ccc(N2CCC(O)C2)c(C(F)(F)F)c1. The van der Waals surface area contributed by atoms with E-state index in [0.717, 1.165) is 0 Å². The smallest absolute Gasteiger partial charge is 0.391 e. The van der Waals surface area contributed by atoms with Crippen LogP contribution in [0.2, 0.25) is 0 Å². The number of nitrogens with one attached hydrogen (secondary N) is 1. The number of alkyl halides is 3. The molecule has 1 heterocycles. The highest BCUT2D eigenvalue weighted by Gasteiger charge is 2.36. The molecular weight excluding hydrogens is 281 g/mol. The summed E-state index contributed by atoms with van der Waals surface area (Å²) in [6.45, 7) is 5.01. The largest absolute Gasteiger partial charge is 0.418 e. The highest BCUT2D eigenvalue weighted by molar-refractivity contribution is 5.57. The maximum Gasteiger partial charge on any atom is 0.418 e. The Morgan fingerprint density at radius 2 is 2.10 bits per heavy atom. The van der Waals surface area contributed by atoms with E-state index in [2.05, 4.69) is 5.32 Å². The minimum Gasteiger partial charge on any atom is -0.391 e. The first-order chi connectivity index (χ1) is 9.77. The Bertz CT molecular complexity index is 488. The van der Waals surface area contributed by atoms with Crippen molar-refractivity contribution in [3.05, 3.63) is 29.3 Å². The van der Waals surface area contributed by atoms with E-state index in [1.54, 1.807) is 11.0 Å². The number of anilines is 1. The lowest BCUT2D eigenvalue weighted by Crippen LogP contribution is -2.25. The second-order valence-corrected chi connectivity index (χ2v) is 5.77. The Morgan fingerprint density at radius 1 is 1.38 bits per heavy atom. The van der Waals surface area contributed by atoms with Crippen molar-refractivity contribution in [2.45, 2.75) is 45.1 Å². The first-order valence-electron chi connectivity index (χ1n) is 7.14. The van der Waals surface area contributed by atoms with Gasteiger partial charge in [0.2, 0.25) is 0 Å². The van der Waals surface area contributed by atoms with Gasteiger partial charge in [-0.3, -0.25) is 0 Å². The summed E-state index contributed by atoms with van der Waals surface area (Å²) in [7, 11) is 0. The van der Waals surface area contributed by atoms with Crippen LogP contribution in [0.3, 0.4) is 0 Å². The monoisotopic (exact) mass is 302 g/mol. The van der Waals surface area contributed by atoms with Crippen molar-refractivity contribution >= 4 is 5.69 Å². The molecule has 1 aromatic carbocycles. The number of benzene rings is 1. The zero-order valence-electron chi connectivity index (χ0n) is 12.2. The predicted octanol–water partition coefficient (Wildman–Crippen LogP) is 2.77. The van der Waals surface area contributed by atoms with Crippen molar-refractivity contribution < 1.29 is 18.3 Å². The normalized spacial score (nSPS) is 19.6. The molecule has 1 aliphatic heterocycles. The van der Waals surface area contributed by atoms with Crippen LogP contribution < -0.4 is 10.2 Å². The van der Waals surface area contributed by atoms with E-state index < -0.39 is 17.8 Å².